The molecular weight excluding hydrogens is 482 g/mol. The number of ether oxygens (including phenoxy) is 2. The molecule has 0 aliphatic rings. The van der Waals surface area contributed by atoms with E-state index in [1.807, 2.05) is 6.07 Å². The molecule has 1 amide bonds. The second kappa shape index (κ2) is 11.3. The summed E-state index contributed by atoms with van der Waals surface area (Å²) < 4.78 is 37.4. The van der Waals surface area contributed by atoms with Crippen molar-refractivity contribution in [2.24, 2.45) is 0 Å². The third-order valence-electron chi connectivity index (χ3n) is 5.02. The first-order valence-corrected chi connectivity index (χ1v) is 12.8. The van der Waals surface area contributed by atoms with Crippen molar-refractivity contribution in [3.05, 3.63) is 90.0 Å². The number of rotatable bonds is 8. The lowest BCUT2D eigenvalue weighted by Gasteiger charge is -2.23. The van der Waals surface area contributed by atoms with Crippen LogP contribution in [0.2, 0.25) is 0 Å². The number of amides is 1. The van der Waals surface area contributed by atoms with Crippen LogP contribution in [0.3, 0.4) is 0 Å². The Morgan fingerprint density at radius 1 is 0.944 bits per heavy atom. The average molecular weight is 512 g/mol. The summed E-state index contributed by atoms with van der Waals surface area (Å²) in [5, 5.41) is 12.5. The van der Waals surface area contributed by atoms with E-state index < -0.39 is 33.5 Å². The number of esters is 1. The number of aromatic hydroxyl groups is 1. The van der Waals surface area contributed by atoms with Gasteiger partial charge in [0, 0.05) is 6.42 Å². The summed E-state index contributed by atoms with van der Waals surface area (Å²) in [7, 11) is -4.03. The molecule has 0 aliphatic carbocycles. The largest absolute Gasteiger partial charge is 0.508 e. The van der Waals surface area contributed by atoms with E-state index in [9.17, 15) is 23.1 Å². The molecule has 8 nitrogen and oxygen atoms in total. The Morgan fingerprint density at radius 3 is 2.17 bits per heavy atom. The van der Waals surface area contributed by atoms with Crippen LogP contribution >= 0.6 is 0 Å². The maximum absolute atomic E-state index is 13.3. The van der Waals surface area contributed by atoms with E-state index in [1.54, 1.807) is 63.2 Å². The van der Waals surface area contributed by atoms with E-state index >= 15 is 0 Å². The van der Waals surface area contributed by atoms with Gasteiger partial charge in [-0.3, -0.25) is 0 Å². The van der Waals surface area contributed by atoms with Gasteiger partial charge in [-0.1, -0.05) is 54.6 Å². The normalized spacial score (nSPS) is 12.4. The fourth-order valence-electron chi connectivity index (χ4n) is 3.38. The fraction of sp³-hybridized carbons (Fsp3) is 0.259. The number of carbonyl (C=O) groups excluding carboxylic acids is 2. The Bertz CT molecular complexity index is 1300. The molecule has 3 aromatic rings. The highest BCUT2D eigenvalue weighted by Crippen LogP contribution is 2.28. The van der Waals surface area contributed by atoms with Gasteiger partial charge < -0.3 is 19.9 Å². The van der Waals surface area contributed by atoms with E-state index in [4.69, 9.17) is 9.47 Å². The Morgan fingerprint density at radius 2 is 1.56 bits per heavy atom. The third-order valence-corrected chi connectivity index (χ3v) is 6.87. The maximum atomic E-state index is 13.3. The van der Waals surface area contributed by atoms with E-state index in [1.165, 1.54) is 24.3 Å². The monoisotopic (exact) mass is 511 g/mol. The lowest BCUT2D eigenvalue weighted by Crippen LogP contribution is -2.45. The molecule has 0 spiro atoms. The maximum Gasteiger partial charge on any atom is 0.408 e. The minimum Gasteiger partial charge on any atom is -0.508 e. The second-order valence-electron chi connectivity index (χ2n) is 9.10. The molecule has 0 saturated carbocycles. The van der Waals surface area contributed by atoms with Gasteiger partial charge in [0.2, 0.25) is 9.84 Å². The van der Waals surface area contributed by atoms with Crippen molar-refractivity contribution in [3.8, 4) is 5.75 Å². The third kappa shape index (κ3) is 7.32. The summed E-state index contributed by atoms with van der Waals surface area (Å²) in [5.41, 5.74) is 0.149. The molecule has 0 saturated heterocycles. The second-order valence-corrected chi connectivity index (χ2v) is 11.0. The first kappa shape index (κ1) is 26.7. The highest BCUT2D eigenvalue weighted by Gasteiger charge is 2.29. The average Bonchev–Trinajstić information content (AvgIpc) is 2.83. The summed E-state index contributed by atoms with van der Waals surface area (Å²) in [6, 6.07) is 19.3. The minimum absolute atomic E-state index is 0.0279. The van der Waals surface area contributed by atoms with Crippen LogP contribution in [-0.2, 0) is 37.1 Å². The molecule has 3 rings (SSSR count). The number of benzene rings is 3. The zero-order valence-electron chi connectivity index (χ0n) is 20.3. The van der Waals surface area contributed by atoms with Crippen LogP contribution in [0.5, 0.6) is 5.75 Å². The standard InChI is InChI=1S/C27H29NO7S/c1-27(2,3)35-26(31)28-23(25(30)34-18-19-10-6-4-7-11-19)16-20-14-15-21(29)17-24(20)36(32,33)22-12-8-5-9-13-22/h4-15,17,23,29H,16,18H2,1-3H3,(H,28,31)/t23-/m0/s1. The number of hydrogen-bond acceptors (Lipinski definition) is 7. The van der Waals surface area contributed by atoms with Gasteiger partial charge in [0.15, 0.2) is 0 Å². The van der Waals surface area contributed by atoms with Crippen molar-refractivity contribution < 1.29 is 32.6 Å². The molecule has 2 N–H and O–H groups in total. The topological polar surface area (TPSA) is 119 Å². The molecule has 0 aromatic heterocycles. The molecule has 1 atom stereocenters. The van der Waals surface area contributed by atoms with Crippen molar-refractivity contribution >= 4 is 21.9 Å². The Kier molecular flexibility index (Phi) is 8.37. The molecule has 3 aromatic carbocycles. The number of phenols is 1. The Hall–Kier alpha value is -3.85. The number of sulfone groups is 1. The van der Waals surface area contributed by atoms with Crippen molar-refractivity contribution in [1.82, 2.24) is 5.32 Å². The summed E-state index contributed by atoms with van der Waals surface area (Å²) in [6.07, 6.45) is -1.07. The van der Waals surface area contributed by atoms with E-state index in [2.05, 4.69) is 5.32 Å². The summed E-state index contributed by atoms with van der Waals surface area (Å²) in [4.78, 5) is 25.4. The molecule has 0 unspecified atom stereocenters. The minimum atomic E-state index is -4.03. The van der Waals surface area contributed by atoms with Gasteiger partial charge in [0.1, 0.15) is 24.0 Å². The van der Waals surface area contributed by atoms with Crippen molar-refractivity contribution in [1.29, 1.82) is 0 Å². The highest BCUT2D eigenvalue weighted by molar-refractivity contribution is 7.91. The van der Waals surface area contributed by atoms with E-state index in [0.717, 1.165) is 11.6 Å². The first-order valence-electron chi connectivity index (χ1n) is 11.3. The van der Waals surface area contributed by atoms with Gasteiger partial charge in [0.05, 0.1) is 9.79 Å². The molecular formula is C27H29NO7S. The van der Waals surface area contributed by atoms with E-state index in [0.29, 0.717) is 0 Å². The molecule has 9 heteroatoms. The lowest BCUT2D eigenvalue weighted by molar-refractivity contribution is -0.147. The van der Waals surface area contributed by atoms with Crippen LogP contribution in [0.1, 0.15) is 31.9 Å². The lowest BCUT2D eigenvalue weighted by atomic mass is 10.1. The van der Waals surface area contributed by atoms with Gasteiger partial charge in [0.25, 0.3) is 0 Å². The predicted octanol–water partition coefficient (Wildman–Crippen LogP) is 4.40. The molecule has 0 bridgehead atoms. The van der Waals surface area contributed by atoms with Crippen LogP contribution in [0, 0.1) is 0 Å². The number of alkyl carbamates (subject to hydrolysis) is 1. The van der Waals surface area contributed by atoms with Crippen LogP contribution in [0.15, 0.2) is 88.7 Å². The predicted molar refractivity (Wildman–Crippen MR) is 133 cm³/mol. The number of nitrogens with one attached hydrogen (secondary N) is 1. The summed E-state index contributed by atoms with van der Waals surface area (Å²) >= 11 is 0. The van der Waals surface area contributed by atoms with Crippen LogP contribution < -0.4 is 5.32 Å². The van der Waals surface area contributed by atoms with Gasteiger partial charge >= 0.3 is 12.1 Å². The zero-order valence-corrected chi connectivity index (χ0v) is 21.1. The van der Waals surface area contributed by atoms with Crippen molar-refractivity contribution in [2.45, 2.75) is 55.2 Å². The molecule has 190 valence electrons. The SMILES string of the molecule is CC(C)(C)OC(=O)N[C@@H](Cc1ccc(O)cc1S(=O)(=O)c1ccccc1)C(=O)OCc1ccccc1. The van der Waals surface area contributed by atoms with E-state index in [-0.39, 0.29) is 34.1 Å². The zero-order chi connectivity index (χ0) is 26.3. The van der Waals surface area contributed by atoms with Crippen molar-refractivity contribution in [3.63, 3.8) is 0 Å². The molecule has 0 radical (unpaired) electrons. The van der Waals surface area contributed by atoms with Crippen molar-refractivity contribution in [2.75, 3.05) is 0 Å². The molecule has 0 aliphatic heterocycles. The number of phenolic OH excluding ortho intramolecular Hbond substituents is 1. The molecule has 0 fully saturated rings. The summed E-state index contributed by atoms with van der Waals surface area (Å²) in [5.74, 6) is -1.02. The van der Waals surface area contributed by atoms with Crippen LogP contribution in [0.4, 0.5) is 4.79 Å². The smallest absolute Gasteiger partial charge is 0.408 e. The first-order chi connectivity index (χ1) is 17.0. The Labute approximate surface area is 210 Å². The number of carbonyl (C=O) groups is 2. The van der Waals surface area contributed by atoms with Gasteiger partial charge in [-0.25, -0.2) is 18.0 Å². The van der Waals surface area contributed by atoms with Gasteiger partial charge in [-0.05, 0) is 56.2 Å². The molecule has 0 heterocycles. The van der Waals surface area contributed by atoms with Crippen LogP contribution in [0.25, 0.3) is 0 Å². The van der Waals surface area contributed by atoms with Crippen LogP contribution in [-0.4, -0.2) is 37.2 Å². The fourth-order valence-corrected chi connectivity index (χ4v) is 4.92. The highest BCUT2D eigenvalue weighted by atomic mass is 32.2. The molecule has 36 heavy (non-hydrogen) atoms. The number of hydrogen-bond donors (Lipinski definition) is 2. The van der Waals surface area contributed by atoms with Gasteiger partial charge in [-0.2, -0.15) is 0 Å². The quantitative estimate of drug-likeness (QED) is 0.430. The van der Waals surface area contributed by atoms with Gasteiger partial charge in [-0.15, -0.1) is 0 Å². The summed E-state index contributed by atoms with van der Waals surface area (Å²) in [6.45, 7) is 5.01. The Balaban J connectivity index is 1.92.